The smallest absolute Gasteiger partial charge is 0.412 e. The molecular weight excluding hydrogens is 384 g/mol. The van der Waals surface area contributed by atoms with Crippen molar-refractivity contribution in [3.63, 3.8) is 0 Å². The highest BCUT2D eigenvalue weighted by Crippen LogP contribution is 2.37. The lowest BCUT2D eigenvalue weighted by atomic mass is 10.1. The van der Waals surface area contributed by atoms with Gasteiger partial charge in [-0.3, -0.25) is 9.88 Å². The van der Waals surface area contributed by atoms with Crippen LogP contribution in [0.15, 0.2) is 52.9 Å². The second kappa shape index (κ2) is 6.95. The number of rotatable bonds is 3. The number of nitrogens with one attached hydrogen (secondary N) is 1. The van der Waals surface area contributed by atoms with Crippen LogP contribution in [-0.4, -0.2) is 27.3 Å². The number of fused-ring (bicyclic) bond motifs is 3. The van der Waals surface area contributed by atoms with Crippen molar-refractivity contribution in [1.29, 1.82) is 0 Å². The number of carbonyl (C=O) groups is 2. The number of carboxylic acids is 1. The van der Waals surface area contributed by atoms with Crippen LogP contribution in [0.2, 0.25) is 0 Å². The fourth-order valence-electron chi connectivity index (χ4n) is 3.55. The van der Waals surface area contributed by atoms with Crippen LogP contribution >= 0.6 is 0 Å². The number of amides is 1. The monoisotopic (exact) mass is 406 g/mol. The minimum Gasteiger partial charge on any atom is -0.477 e. The standard InChI is InChI=1S/C23H22N2O5/c1-13-8-7-10-15(24-22(28)30-23(2,3)4)19(13)25-16(21(26)27)12-18-20(25)14-9-5-6-11-17(14)29-18/h5-12H,1-4H3,(H,24,28)(H,26,27). The molecule has 0 saturated heterocycles. The van der Waals surface area contributed by atoms with Gasteiger partial charge < -0.3 is 14.3 Å². The molecule has 0 aliphatic heterocycles. The number of hydrogen-bond acceptors (Lipinski definition) is 4. The molecule has 7 heteroatoms. The number of carboxylic acid groups (broad SMARTS) is 1. The molecule has 0 aliphatic rings. The van der Waals surface area contributed by atoms with Gasteiger partial charge >= 0.3 is 12.1 Å². The molecule has 1 amide bonds. The summed E-state index contributed by atoms with van der Waals surface area (Å²) in [5, 5.41) is 13.4. The third-order valence-corrected chi connectivity index (χ3v) is 4.64. The maximum absolute atomic E-state index is 12.4. The molecule has 2 N–H and O–H groups in total. The van der Waals surface area contributed by atoms with Gasteiger partial charge in [-0.25, -0.2) is 9.59 Å². The normalized spacial score (nSPS) is 11.7. The van der Waals surface area contributed by atoms with Crippen molar-refractivity contribution in [2.45, 2.75) is 33.3 Å². The number of aryl methyl sites for hydroxylation is 1. The summed E-state index contributed by atoms with van der Waals surface area (Å²) in [5.74, 6) is -1.10. The van der Waals surface area contributed by atoms with E-state index in [-0.39, 0.29) is 5.69 Å². The van der Waals surface area contributed by atoms with Crippen LogP contribution in [0.25, 0.3) is 27.8 Å². The Morgan fingerprint density at radius 2 is 1.80 bits per heavy atom. The zero-order chi connectivity index (χ0) is 21.6. The maximum atomic E-state index is 12.4. The van der Waals surface area contributed by atoms with Gasteiger partial charge in [-0.15, -0.1) is 0 Å². The molecule has 4 rings (SSSR count). The Bertz CT molecular complexity index is 1290. The van der Waals surface area contributed by atoms with Gasteiger partial charge in [0.1, 0.15) is 22.4 Å². The first kappa shape index (κ1) is 19.6. The Balaban J connectivity index is 1.97. The van der Waals surface area contributed by atoms with E-state index in [1.54, 1.807) is 37.5 Å². The molecular formula is C23H22N2O5. The second-order valence-corrected chi connectivity index (χ2v) is 8.08. The molecule has 0 atom stereocenters. The topological polar surface area (TPSA) is 93.7 Å². The van der Waals surface area contributed by atoms with Crippen molar-refractivity contribution in [3.8, 4) is 5.69 Å². The summed E-state index contributed by atoms with van der Waals surface area (Å²) in [6.45, 7) is 7.19. The second-order valence-electron chi connectivity index (χ2n) is 8.08. The lowest BCUT2D eigenvalue weighted by Gasteiger charge is -2.21. The SMILES string of the molecule is Cc1cccc(NC(=O)OC(C)(C)C)c1-n1c(C(=O)O)cc2oc3ccccc3c21. The van der Waals surface area contributed by atoms with E-state index >= 15 is 0 Å². The molecule has 0 aliphatic carbocycles. The molecule has 0 bridgehead atoms. The number of ether oxygens (including phenoxy) is 1. The average molecular weight is 406 g/mol. The molecule has 4 aromatic rings. The van der Waals surface area contributed by atoms with E-state index in [2.05, 4.69) is 5.32 Å². The fraction of sp³-hybridized carbons (Fsp3) is 0.217. The molecule has 30 heavy (non-hydrogen) atoms. The molecule has 154 valence electrons. The molecule has 7 nitrogen and oxygen atoms in total. The summed E-state index contributed by atoms with van der Waals surface area (Å²) in [4.78, 5) is 24.5. The quantitative estimate of drug-likeness (QED) is 0.453. The van der Waals surface area contributed by atoms with Crippen LogP contribution in [0.5, 0.6) is 0 Å². The highest BCUT2D eigenvalue weighted by molar-refractivity contribution is 6.08. The van der Waals surface area contributed by atoms with E-state index in [4.69, 9.17) is 9.15 Å². The molecule has 0 saturated carbocycles. The predicted molar refractivity (Wildman–Crippen MR) is 115 cm³/mol. The molecule has 2 heterocycles. The predicted octanol–water partition coefficient (Wildman–Crippen LogP) is 5.73. The Morgan fingerprint density at radius 1 is 1.07 bits per heavy atom. The number of aromatic carboxylic acids is 1. The first-order valence-corrected chi connectivity index (χ1v) is 9.52. The van der Waals surface area contributed by atoms with E-state index in [0.29, 0.717) is 28.1 Å². The van der Waals surface area contributed by atoms with E-state index in [1.165, 1.54) is 6.07 Å². The lowest BCUT2D eigenvalue weighted by molar-refractivity contribution is 0.0634. The Kier molecular flexibility index (Phi) is 4.53. The fourth-order valence-corrected chi connectivity index (χ4v) is 3.55. The van der Waals surface area contributed by atoms with Crippen molar-refractivity contribution in [2.24, 2.45) is 0 Å². The van der Waals surface area contributed by atoms with E-state index in [1.807, 2.05) is 37.3 Å². The van der Waals surface area contributed by atoms with Gasteiger partial charge in [0.05, 0.1) is 11.4 Å². The number of benzene rings is 2. The third-order valence-electron chi connectivity index (χ3n) is 4.64. The third kappa shape index (κ3) is 3.39. The summed E-state index contributed by atoms with van der Waals surface area (Å²) >= 11 is 0. The zero-order valence-electron chi connectivity index (χ0n) is 17.1. The van der Waals surface area contributed by atoms with E-state index in [0.717, 1.165) is 10.9 Å². The number of furan rings is 1. The summed E-state index contributed by atoms with van der Waals surface area (Å²) in [6, 6.07) is 14.3. The number of para-hydroxylation sites is 2. The first-order chi connectivity index (χ1) is 14.2. The van der Waals surface area contributed by atoms with Gasteiger partial charge in [-0.2, -0.15) is 0 Å². The van der Waals surface area contributed by atoms with Crippen LogP contribution in [-0.2, 0) is 4.74 Å². The Labute approximate surface area is 172 Å². The number of nitrogens with zero attached hydrogens (tertiary/aromatic N) is 1. The summed E-state index contributed by atoms with van der Waals surface area (Å²) < 4.78 is 12.9. The number of hydrogen-bond donors (Lipinski definition) is 2. The average Bonchev–Trinajstić information content (AvgIpc) is 3.16. The molecule has 0 spiro atoms. The van der Waals surface area contributed by atoms with Gasteiger partial charge in [0, 0.05) is 11.5 Å². The minimum absolute atomic E-state index is 0.0380. The van der Waals surface area contributed by atoms with Gasteiger partial charge in [0.15, 0.2) is 5.58 Å². The van der Waals surface area contributed by atoms with E-state index in [9.17, 15) is 14.7 Å². The highest BCUT2D eigenvalue weighted by Gasteiger charge is 2.25. The molecule has 0 fully saturated rings. The van der Waals surface area contributed by atoms with Crippen molar-refractivity contribution in [2.75, 3.05) is 5.32 Å². The highest BCUT2D eigenvalue weighted by atomic mass is 16.6. The molecule has 0 unspecified atom stereocenters. The molecule has 0 radical (unpaired) electrons. The van der Waals surface area contributed by atoms with Crippen LogP contribution in [0, 0.1) is 6.92 Å². The van der Waals surface area contributed by atoms with Crippen molar-refractivity contribution >= 4 is 39.8 Å². The van der Waals surface area contributed by atoms with Crippen LogP contribution in [0.3, 0.4) is 0 Å². The van der Waals surface area contributed by atoms with Crippen molar-refractivity contribution in [3.05, 3.63) is 59.8 Å². The van der Waals surface area contributed by atoms with Gasteiger partial charge in [0.2, 0.25) is 0 Å². The number of aromatic nitrogens is 1. The molecule has 2 aromatic carbocycles. The van der Waals surface area contributed by atoms with Gasteiger partial charge in [-0.05, 0) is 51.5 Å². The van der Waals surface area contributed by atoms with Gasteiger partial charge in [-0.1, -0.05) is 24.3 Å². The minimum atomic E-state index is -1.10. The number of carbonyl (C=O) groups excluding carboxylic acids is 1. The van der Waals surface area contributed by atoms with Crippen molar-refractivity contribution in [1.82, 2.24) is 4.57 Å². The maximum Gasteiger partial charge on any atom is 0.412 e. The zero-order valence-corrected chi connectivity index (χ0v) is 17.1. The van der Waals surface area contributed by atoms with Crippen molar-refractivity contribution < 1.29 is 23.8 Å². The molecule has 2 aromatic heterocycles. The van der Waals surface area contributed by atoms with Crippen LogP contribution < -0.4 is 5.32 Å². The summed E-state index contributed by atoms with van der Waals surface area (Å²) in [7, 11) is 0. The first-order valence-electron chi connectivity index (χ1n) is 9.52. The largest absolute Gasteiger partial charge is 0.477 e. The van der Waals surface area contributed by atoms with Crippen LogP contribution in [0.4, 0.5) is 10.5 Å². The Hall–Kier alpha value is -3.74. The summed E-state index contributed by atoms with van der Waals surface area (Å²) in [5.41, 5.74) is 2.89. The van der Waals surface area contributed by atoms with E-state index < -0.39 is 17.7 Å². The van der Waals surface area contributed by atoms with Crippen LogP contribution in [0.1, 0.15) is 36.8 Å². The number of anilines is 1. The van der Waals surface area contributed by atoms with Gasteiger partial charge in [0.25, 0.3) is 0 Å². The Morgan fingerprint density at radius 3 is 2.50 bits per heavy atom. The summed E-state index contributed by atoms with van der Waals surface area (Å²) in [6.07, 6.45) is -0.619. The lowest BCUT2D eigenvalue weighted by Crippen LogP contribution is -2.27.